The smallest absolute Gasteiger partial charge is 0.248 e. The molecule has 1 saturated heterocycles. The molecule has 18 heavy (non-hydrogen) atoms. The number of hydrogen-bond donors (Lipinski definition) is 0. The molecule has 0 unspecified atom stereocenters. The van der Waals surface area contributed by atoms with E-state index in [0.717, 1.165) is 24.2 Å². The summed E-state index contributed by atoms with van der Waals surface area (Å²) in [6.45, 7) is 2.09. The summed E-state index contributed by atoms with van der Waals surface area (Å²) in [6.07, 6.45) is 5.66. The molecule has 0 aliphatic carbocycles. The molecule has 3 rings (SSSR count). The van der Waals surface area contributed by atoms with Crippen LogP contribution in [0.1, 0.15) is 17.5 Å². The molecule has 0 radical (unpaired) electrons. The van der Waals surface area contributed by atoms with Crippen molar-refractivity contribution in [1.82, 2.24) is 9.88 Å². The van der Waals surface area contributed by atoms with Crippen molar-refractivity contribution in [3.63, 3.8) is 0 Å². The van der Waals surface area contributed by atoms with Gasteiger partial charge in [-0.25, -0.2) is 9.98 Å². The number of carbonyl (C=O) groups is 1. The van der Waals surface area contributed by atoms with E-state index in [0.29, 0.717) is 19.7 Å². The summed E-state index contributed by atoms with van der Waals surface area (Å²) < 4.78 is 5.11. The van der Waals surface area contributed by atoms with Crippen molar-refractivity contribution < 1.29 is 9.53 Å². The maximum Gasteiger partial charge on any atom is 0.248 e. The van der Waals surface area contributed by atoms with Gasteiger partial charge >= 0.3 is 0 Å². The Balaban J connectivity index is 1.76. The second kappa shape index (κ2) is 4.86. The van der Waals surface area contributed by atoms with Crippen LogP contribution in [0.4, 0.5) is 5.82 Å². The third kappa shape index (κ3) is 2.26. The number of hydrogen-bond acceptors (Lipinski definition) is 4. The number of pyridine rings is 1. The molecular formula is C13H15N3O2. The van der Waals surface area contributed by atoms with Gasteiger partial charge in [-0.1, -0.05) is 0 Å². The summed E-state index contributed by atoms with van der Waals surface area (Å²) in [4.78, 5) is 22.1. The Morgan fingerprint density at radius 3 is 3.28 bits per heavy atom. The topological polar surface area (TPSA) is 54.8 Å². The zero-order valence-electron chi connectivity index (χ0n) is 10.1. The van der Waals surface area contributed by atoms with Gasteiger partial charge in [-0.2, -0.15) is 0 Å². The van der Waals surface area contributed by atoms with E-state index < -0.39 is 0 Å². The number of ether oxygens (including phenoxy) is 1. The first-order chi connectivity index (χ1) is 8.83. The molecule has 0 saturated carbocycles. The third-order valence-electron chi connectivity index (χ3n) is 3.21. The summed E-state index contributed by atoms with van der Waals surface area (Å²) >= 11 is 0. The standard InChI is InChI=1S/C13H15N3O2/c17-12-9-18-5-4-16(12)8-10-6-11-2-1-3-14-13(11)15-7-10/h3,6-7H,1-2,4-5,8-9H2. The molecule has 2 aliphatic heterocycles. The SMILES string of the molecule is O=C1COCCN1Cc1cnc2c(c1)CCC=N2. The van der Waals surface area contributed by atoms with Crippen LogP contribution in [0.15, 0.2) is 17.3 Å². The van der Waals surface area contributed by atoms with E-state index in [9.17, 15) is 4.79 Å². The number of amides is 1. The molecule has 2 aliphatic rings. The average molecular weight is 245 g/mol. The lowest BCUT2D eigenvalue weighted by atomic mass is 10.1. The quantitative estimate of drug-likeness (QED) is 0.783. The predicted molar refractivity (Wildman–Crippen MR) is 66.9 cm³/mol. The molecule has 5 nitrogen and oxygen atoms in total. The number of nitrogens with zero attached hydrogens (tertiary/aromatic N) is 3. The van der Waals surface area contributed by atoms with Crippen molar-refractivity contribution in [2.75, 3.05) is 19.8 Å². The molecular weight excluding hydrogens is 230 g/mol. The van der Waals surface area contributed by atoms with E-state index in [1.807, 2.05) is 17.3 Å². The zero-order valence-corrected chi connectivity index (χ0v) is 10.1. The number of rotatable bonds is 2. The molecule has 1 amide bonds. The van der Waals surface area contributed by atoms with Crippen LogP contribution in [0.2, 0.25) is 0 Å². The van der Waals surface area contributed by atoms with Gasteiger partial charge in [-0.15, -0.1) is 0 Å². The molecule has 1 fully saturated rings. The number of morpholine rings is 1. The first-order valence-electron chi connectivity index (χ1n) is 6.19. The number of aryl methyl sites for hydroxylation is 1. The Bertz CT molecular complexity index is 499. The normalized spacial score (nSPS) is 18.9. The zero-order chi connectivity index (χ0) is 12.4. The predicted octanol–water partition coefficient (Wildman–Crippen LogP) is 1.09. The van der Waals surface area contributed by atoms with Gasteiger partial charge in [0.1, 0.15) is 6.61 Å². The van der Waals surface area contributed by atoms with Gasteiger partial charge < -0.3 is 9.64 Å². The van der Waals surface area contributed by atoms with Crippen LogP contribution < -0.4 is 0 Å². The number of aromatic nitrogens is 1. The summed E-state index contributed by atoms with van der Waals surface area (Å²) in [5, 5.41) is 0. The molecule has 94 valence electrons. The molecule has 0 spiro atoms. The maximum absolute atomic E-state index is 11.6. The van der Waals surface area contributed by atoms with Crippen molar-refractivity contribution in [1.29, 1.82) is 0 Å². The molecule has 1 aromatic rings. The van der Waals surface area contributed by atoms with E-state index in [1.54, 1.807) is 0 Å². The van der Waals surface area contributed by atoms with Gasteiger partial charge in [0.2, 0.25) is 5.91 Å². The highest BCUT2D eigenvalue weighted by molar-refractivity contribution is 5.78. The van der Waals surface area contributed by atoms with Crippen LogP contribution >= 0.6 is 0 Å². The molecule has 0 atom stereocenters. The molecule has 3 heterocycles. The molecule has 5 heteroatoms. The van der Waals surface area contributed by atoms with E-state index in [4.69, 9.17) is 4.74 Å². The fourth-order valence-corrected chi connectivity index (χ4v) is 2.25. The fraction of sp³-hybridized carbons (Fsp3) is 0.462. The van der Waals surface area contributed by atoms with Crippen LogP contribution in [0.5, 0.6) is 0 Å². The third-order valence-corrected chi connectivity index (χ3v) is 3.21. The Hall–Kier alpha value is -1.75. The highest BCUT2D eigenvalue weighted by atomic mass is 16.5. The number of carbonyl (C=O) groups excluding carboxylic acids is 1. The lowest BCUT2D eigenvalue weighted by Crippen LogP contribution is -2.40. The van der Waals surface area contributed by atoms with Crippen LogP contribution in [-0.4, -0.2) is 41.8 Å². The van der Waals surface area contributed by atoms with Gasteiger partial charge in [0.15, 0.2) is 5.82 Å². The number of fused-ring (bicyclic) bond motifs is 1. The van der Waals surface area contributed by atoms with E-state index in [-0.39, 0.29) is 12.5 Å². The van der Waals surface area contributed by atoms with Gasteiger partial charge in [0, 0.05) is 25.5 Å². The van der Waals surface area contributed by atoms with E-state index >= 15 is 0 Å². The van der Waals surface area contributed by atoms with Crippen molar-refractivity contribution in [2.45, 2.75) is 19.4 Å². The Labute approximate surface area is 105 Å². The van der Waals surface area contributed by atoms with Gasteiger partial charge in [0.25, 0.3) is 0 Å². The van der Waals surface area contributed by atoms with Gasteiger partial charge in [-0.05, 0) is 30.0 Å². The Morgan fingerprint density at radius 2 is 2.39 bits per heavy atom. The summed E-state index contributed by atoms with van der Waals surface area (Å²) in [7, 11) is 0. The number of aliphatic imine (C=N–C) groups is 1. The van der Waals surface area contributed by atoms with Crippen molar-refractivity contribution in [2.24, 2.45) is 4.99 Å². The second-order valence-electron chi connectivity index (χ2n) is 4.54. The minimum absolute atomic E-state index is 0.0528. The van der Waals surface area contributed by atoms with Crippen LogP contribution in [0.25, 0.3) is 0 Å². The minimum Gasteiger partial charge on any atom is -0.370 e. The summed E-state index contributed by atoms with van der Waals surface area (Å²) in [5.74, 6) is 0.871. The van der Waals surface area contributed by atoms with Gasteiger partial charge in [0.05, 0.1) is 6.61 Å². The van der Waals surface area contributed by atoms with Crippen molar-refractivity contribution in [3.8, 4) is 0 Å². The lowest BCUT2D eigenvalue weighted by molar-refractivity contribution is -0.143. The second-order valence-corrected chi connectivity index (χ2v) is 4.54. The van der Waals surface area contributed by atoms with Crippen molar-refractivity contribution >= 4 is 17.9 Å². The van der Waals surface area contributed by atoms with Gasteiger partial charge in [-0.3, -0.25) is 4.79 Å². The maximum atomic E-state index is 11.6. The van der Waals surface area contributed by atoms with Crippen molar-refractivity contribution in [3.05, 3.63) is 23.4 Å². The fourth-order valence-electron chi connectivity index (χ4n) is 2.25. The Kier molecular flexibility index (Phi) is 3.06. The highest BCUT2D eigenvalue weighted by Crippen LogP contribution is 2.22. The van der Waals surface area contributed by atoms with Crippen LogP contribution in [-0.2, 0) is 22.5 Å². The van der Waals surface area contributed by atoms with Crippen LogP contribution in [0.3, 0.4) is 0 Å². The van der Waals surface area contributed by atoms with E-state index in [2.05, 4.69) is 16.0 Å². The molecule has 0 aromatic carbocycles. The Morgan fingerprint density at radius 1 is 1.44 bits per heavy atom. The van der Waals surface area contributed by atoms with E-state index in [1.165, 1.54) is 5.56 Å². The molecule has 1 aromatic heterocycles. The first kappa shape index (κ1) is 11.3. The minimum atomic E-state index is 0.0528. The largest absolute Gasteiger partial charge is 0.370 e. The highest BCUT2D eigenvalue weighted by Gasteiger charge is 2.19. The summed E-state index contributed by atoms with van der Waals surface area (Å²) in [5.41, 5.74) is 2.25. The molecule has 0 N–H and O–H groups in total. The molecule has 0 bridgehead atoms. The lowest BCUT2D eigenvalue weighted by Gasteiger charge is -2.27. The first-order valence-corrected chi connectivity index (χ1v) is 6.19. The summed E-state index contributed by atoms with van der Waals surface area (Å²) in [6, 6.07) is 2.11. The van der Waals surface area contributed by atoms with Crippen LogP contribution in [0, 0.1) is 0 Å². The monoisotopic (exact) mass is 245 g/mol. The average Bonchev–Trinajstić information content (AvgIpc) is 2.41.